The number of aromatic nitrogens is 2. The summed E-state index contributed by atoms with van der Waals surface area (Å²) in [5.74, 6) is 0.361. The van der Waals surface area contributed by atoms with Gasteiger partial charge in [0.25, 0.3) is 5.91 Å². The zero-order valence-corrected chi connectivity index (χ0v) is 19.2. The van der Waals surface area contributed by atoms with Gasteiger partial charge in [0, 0.05) is 41.8 Å². The summed E-state index contributed by atoms with van der Waals surface area (Å²) in [6.07, 6.45) is 5.41. The Labute approximate surface area is 198 Å². The van der Waals surface area contributed by atoms with Crippen molar-refractivity contribution in [1.29, 1.82) is 0 Å². The van der Waals surface area contributed by atoms with Crippen LogP contribution >= 0.6 is 11.6 Å². The highest BCUT2D eigenvalue weighted by Gasteiger charge is 2.33. The van der Waals surface area contributed by atoms with Gasteiger partial charge in [0.1, 0.15) is 5.69 Å². The van der Waals surface area contributed by atoms with Crippen molar-refractivity contribution in [3.8, 4) is 11.3 Å². The number of hydrogen-bond acceptors (Lipinski definition) is 3. The normalized spacial score (nSPS) is 16.6. The van der Waals surface area contributed by atoms with E-state index in [-0.39, 0.29) is 23.8 Å². The van der Waals surface area contributed by atoms with Gasteiger partial charge in [-0.3, -0.25) is 14.3 Å². The fourth-order valence-corrected chi connectivity index (χ4v) is 4.44. The van der Waals surface area contributed by atoms with E-state index in [0.717, 1.165) is 36.8 Å². The topological polar surface area (TPSA) is 67.2 Å². The average Bonchev–Trinajstić information content (AvgIpc) is 3.61. The van der Waals surface area contributed by atoms with Crippen LogP contribution in [0.4, 0.5) is 0 Å². The Bertz CT molecular complexity index is 1130. The second-order valence-corrected chi connectivity index (χ2v) is 9.37. The Morgan fingerprint density at radius 2 is 1.67 bits per heavy atom. The van der Waals surface area contributed by atoms with Crippen LogP contribution in [0, 0.1) is 5.92 Å². The summed E-state index contributed by atoms with van der Waals surface area (Å²) < 4.78 is 1.83. The third-order valence-electron chi connectivity index (χ3n) is 6.37. The minimum Gasteiger partial charge on any atom is -0.353 e. The Hall–Kier alpha value is -3.12. The zero-order chi connectivity index (χ0) is 22.8. The lowest BCUT2D eigenvalue weighted by Crippen LogP contribution is -2.47. The molecule has 3 aromatic rings. The molecule has 170 valence electrons. The number of nitrogens with zero attached hydrogens (tertiary/aromatic N) is 3. The van der Waals surface area contributed by atoms with Crippen LogP contribution in [0.3, 0.4) is 0 Å². The standard InChI is InChI=1S/C26H27ClN4O2/c27-21-10-8-19(9-11-21)24-23(17-31(29-24)16-18-4-2-1-3-5-18)26(33)30-14-12-22(13-15-30)28-25(32)20-6-7-20/h1-5,8-11,17,20,22H,6-7,12-16H2,(H,28,32). The molecule has 2 aromatic carbocycles. The summed E-state index contributed by atoms with van der Waals surface area (Å²) in [6.45, 7) is 1.83. The maximum absolute atomic E-state index is 13.5. The largest absolute Gasteiger partial charge is 0.353 e. The summed E-state index contributed by atoms with van der Waals surface area (Å²) in [5, 5.41) is 8.56. The minimum absolute atomic E-state index is 0.0220. The van der Waals surface area contributed by atoms with Crippen molar-refractivity contribution >= 4 is 23.4 Å². The highest BCUT2D eigenvalue weighted by molar-refractivity contribution is 6.30. The molecule has 1 N–H and O–H groups in total. The van der Waals surface area contributed by atoms with Gasteiger partial charge in [-0.05, 0) is 43.4 Å². The van der Waals surface area contributed by atoms with E-state index < -0.39 is 0 Å². The van der Waals surface area contributed by atoms with Gasteiger partial charge < -0.3 is 10.2 Å². The lowest BCUT2D eigenvalue weighted by molar-refractivity contribution is -0.123. The van der Waals surface area contributed by atoms with Crippen LogP contribution in [0.5, 0.6) is 0 Å². The molecule has 6 nitrogen and oxygen atoms in total. The fraction of sp³-hybridized carbons (Fsp3) is 0.346. The summed E-state index contributed by atoms with van der Waals surface area (Å²) in [7, 11) is 0. The number of amides is 2. The molecule has 7 heteroatoms. The molecule has 0 spiro atoms. The van der Waals surface area contributed by atoms with E-state index in [1.165, 1.54) is 0 Å². The predicted molar refractivity (Wildman–Crippen MR) is 128 cm³/mol. The van der Waals surface area contributed by atoms with E-state index in [1.807, 2.05) is 70.4 Å². The fourth-order valence-electron chi connectivity index (χ4n) is 4.31. The van der Waals surface area contributed by atoms with Gasteiger partial charge in [-0.25, -0.2) is 0 Å². The van der Waals surface area contributed by atoms with Crippen molar-refractivity contribution < 1.29 is 9.59 Å². The molecular formula is C26H27ClN4O2. The van der Waals surface area contributed by atoms with Gasteiger partial charge in [0.2, 0.25) is 5.91 Å². The number of halogens is 1. The average molecular weight is 463 g/mol. The quantitative estimate of drug-likeness (QED) is 0.591. The van der Waals surface area contributed by atoms with Gasteiger partial charge in [0.15, 0.2) is 0 Å². The molecule has 1 aliphatic carbocycles. The van der Waals surface area contributed by atoms with E-state index in [4.69, 9.17) is 16.7 Å². The van der Waals surface area contributed by atoms with E-state index >= 15 is 0 Å². The number of likely N-dealkylation sites (tertiary alicyclic amines) is 1. The van der Waals surface area contributed by atoms with Gasteiger partial charge in [-0.1, -0.05) is 54.1 Å². The first-order valence-electron chi connectivity index (χ1n) is 11.5. The molecule has 0 radical (unpaired) electrons. The lowest BCUT2D eigenvalue weighted by atomic mass is 10.0. The third-order valence-corrected chi connectivity index (χ3v) is 6.63. The summed E-state index contributed by atoms with van der Waals surface area (Å²) in [6, 6.07) is 17.6. The lowest BCUT2D eigenvalue weighted by Gasteiger charge is -2.32. The van der Waals surface area contributed by atoms with E-state index in [2.05, 4.69) is 5.32 Å². The van der Waals surface area contributed by atoms with E-state index in [9.17, 15) is 9.59 Å². The van der Waals surface area contributed by atoms with Crippen molar-refractivity contribution in [3.05, 3.63) is 76.9 Å². The monoisotopic (exact) mass is 462 g/mol. The first-order chi connectivity index (χ1) is 16.1. The van der Waals surface area contributed by atoms with Crippen molar-refractivity contribution in [3.63, 3.8) is 0 Å². The van der Waals surface area contributed by atoms with Gasteiger partial charge in [-0.15, -0.1) is 0 Å². The van der Waals surface area contributed by atoms with Crippen LogP contribution in [0.25, 0.3) is 11.3 Å². The van der Waals surface area contributed by atoms with Gasteiger partial charge in [-0.2, -0.15) is 5.10 Å². The van der Waals surface area contributed by atoms with Gasteiger partial charge in [0.05, 0.1) is 12.1 Å². The van der Waals surface area contributed by atoms with Crippen LogP contribution in [-0.4, -0.2) is 45.6 Å². The van der Waals surface area contributed by atoms with Gasteiger partial charge >= 0.3 is 0 Å². The summed E-state index contributed by atoms with van der Waals surface area (Å²) in [4.78, 5) is 27.5. The molecule has 0 bridgehead atoms. The number of hydrogen-bond donors (Lipinski definition) is 1. The molecule has 1 saturated carbocycles. The second kappa shape index (κ2) is 9.40. The minimum atomic E-state index is -0.0220. The van der Waals surface area contributed by atoms with Crippen LogP contribution in [0.2, 0.25) is 5.02 Å². The molecule has 0 unspecified atom stereocenters. The Balaban J connectivity index is 1.34. The third kappa shape index (κ3) is 5.11. The van der Waals surface area contributed by atoms with Crippen molar-refractivity contribution in [2.75, 3.05) is 13.1 Å². The van der Waals surface area contributed by atoms with Crippen molar-refractivity contribution in [2.24, 2.45) is 5.92 Å². The smallest absolute Gasteiger partial charge is 0.257 e. The van der Waals surface area contributed by atoms with Crippen molar-refractivity contribution in [1.82, 2.24) is 20.0 Å². The molecule has 1 saturated heterocycles. The molecule has 0 atom stereocenters. The van der Waals surface area contributed by atoms with E-state index in [1.54, 1.807) is 0 Å². The van der Waals surface area contributed by atoms with Crippen LogP contribution in [0.15, 0.2) is 60.8 Å². The van der Waals surface area contributed by atoms with Crippen LogP contribution in [0.1, 0.15) is 41.6 Å². The molecule has 5 rings (SSSR count). The molecule has 33 heavy (non-hydrogen) atoms. The zero-order valence-electron chi connectivity index (χ0n) is 18.4. The molecule has 2 fully saturated rings. The first kappa shape index (κ1) is 21.7. The Kier molecular flexibility index (Phi) is 6.18. The van der Waals surface area contributed by atoms with Crippen LogP contribution in [-0.2, 0) is 11.3 Å². The maximum Gasteiger partial charge on any atom is 0.257 e. The molecule has 1 aliphatic heterocycles. The SMILES string of the molecule is O=C(NC1CCN(C(=O)c2cn(Cc3ccccc3)nc2-c2ccc(Cl)cc2)CC1)C1CC1. The molecule has 1 aromatic heterocycles. The predicted octanol–water partition coefficient (Wildman–Crippen LogP) is 4.38. The maximum atomic E-state index is 13.5. The first-order valence-corrected chi connectivity index (χ1v) is 11.9. The number of carbonyl (C=O) groups excluding carboxylic acids is 2. The number of rotatable bonds is 6. The molecule has 2 heterocycles. The molecular weight excluding hydrogens is 436 g/mol. The van der Waals surface area contributed by atoms with E-state index in [0.29, 0.717) is 35.9 Å². The summed E-state index contributed by atoms with van der Waals surface area (Å²) >= 11 is 6.08. The highest BCUT2D eigenvalue weighted by atomic mass is 35.5. The number of nitrogens with one attached hydrogen (secondary N) is 1. The Morgan fingerprint density at radius 3 is 2.33 bits per heavy atom. The molecule has 2 aliphatic rings. The number of piperidine rings is 1. The highest BCUT2D eigenvalue weighted by Crippen LogP contribution is 2.30. The second-order valence-electron chi connectivity index (χ2n) is 8.93. The van der Waals surface area contributed by atoms with Crippen LogP contribution < -0.4 is 5.32 Å². The number of carbonyl (C=O) groups is 2. The number of benzene rings is 2. The van der Waals surface area contributed by atoms with Crippen molar-refractivity contribution in [2.45, 2.75) is 38.3 Å². The Morgan fingerprint density at radius 1 is 0.970 bits per heavy atom. The molecule has 2 amide bonds. The summed E-state index contributed by atoms with van der Waals surface area (Å²) in [5.41, 5.74) is 3.24.